The van der Waals surface area contributed by atoms with Gasteiger partial charge in [0.1, 0.15) is 5.75 Å². The third kappa shape index (κ3) is 5.50. The zero-order valence-electron chi connectivity index (χ0n) is 13.0. The monoisotopic (exact) mass is 311 g/mol. The zero-order chi connectivity index (χ0) is 15.9. The van der Waals surface area contributed by atoms with Gasteiger partial charge in [-0.3, -0.25) is 4.99 Å². The Morgan fingerprint density at radius 2 is 2.14 bits per heavy atom. The topological polar surface area (TPSA) is 45.7 Å². The fourth-order valence-electron chi connectivity index (χ4n) is 2.01. The van der Waals surface area contributed by atoms with Crippen LogP contribution in [-0.4, -0.2) is 32.6 Å². The van der Waals surface area contributed by atoms with Crippen molar-refractivity contribution in [2.24, 2.45) is 10.9 Å². The number of ether oxygens (including phenoxy) is 1. The van der Waals surface area contributed by atoms with Crippen LogP contribution >= 0.6 is 0 Å². The highest BCUT2D eigenvalue weighted by molar-refractivity contribution is 5.79. The molecular formula is C16H23F2N3O. The van der Waals surface area contributed by atoms with Gasteiger partial charge in [0.15, 0.2) is 5.96 Å². The number of alkyl halides is 2. The van der Waals surface area contributed by atoms with Crippen molar-refractivity contribution in [3.05, 3.63) is 29.3 Å². The predicted octanol–water partition coefficient (Wildman–Crippen LogP) is 2.71. The molecule has 4 nitrogen and oxygen atoms in total. The molecule has 0 radical (unpaired) electrons. The van der Waals surface area contributed by atoms with Gasteiger partial charge < -0.3 is 15.4 Å². The van der Waals surface area contributed by atoms with Crippen molar-refractivity contribution in [3.8, 4) is 5.75 Å². The molecule has 0 unspecified atom stereocenters. The average molecular weight is 311 g/mol. The second-order valence-electron chi connectivity index (χ2n) is 5.56. The van der Waals surface area contributed by atoms with E-state index in [4.69, 9.17) is 4.74 Å². The van der Waals surface area contributed by atoms with Gasteiger partial charge in [0.2, 0.25) is 0 Å². The van der Waals surface area contributed by atoms with E-state index in [0.717, 1.165) is 23.5 Å². The summed E-state index contributed by atoms with van der Waals surface area (Å²) in [4.78, 5) is 3.93. The highest BCUT2D eigenvalue weighted by atomic mass is 19.3. The van der Waals surface area contributed by atoms with E-state index in [1.807, 2.05) is 25.1 Å². The zero-order valence-corrected chi connectivity index (χ0v) is 13.0. The summed E-state index contributed by atoms with van der Waals surface area (Å²) in [6, 6.07) is 6.01. The van der Waals surface area contributed by atoms with E-state index in [-0.39, 0.29) is 0 Å². The molecule has 122 valence electrons. The van der Waals surface area contributed by atoms with Crippen LogP contribution < -0.4 is 15.4 Å². The number of hydrogen-bond donors (Lipinski definition) is 2. The average Bonchev–Trinajstić information content (AvgIpc) is 3.30. The summed E-state index contributed by atoms with van der Waals surface area (Å²) < 4.78 is 30.3. The summed E-state index contributed by atoms with van der Waals surface area (Å²) in [5, 5.41) is 5.61. The van der Waals surface area contributed by atoms with Gasteiger partial charge in [-0.15, -0.1) is 0 Å². The van der Waals surface area contributed by atoms with E-state index in [1.165, 1.54) is 12.8 Å². The maximum atomic E-state index is 12.2. The molecule has 0 bridgehead atoms. The fraction of sp³-hybridized carbons (Fsp3) is 0.562. The van der Waals surface area contributed by atoms with Crippen LogP contribution in [-0.2, 0) is 6.54 Å². The van der Waals surface area contributed by atoms with Crippen molar-refractivity contribution in [2.45, 2.75) is 32.7 Å². The Morgan fingerprint density at radius 1 is 1.36 bits per heavy atom. The van der Waals surface area contributed by atoms with Gasteiger partial charge >= 0.3 is 0 Å². The first-order valence-corrected chi connectivity index (χ1v) is 7.53. The standard InChI is InChI=1S/C16H23F2N3O/c1-11-3-6-13(14(7-11)22-10-12-4-5-12)8-20-16(19-2)21-9-15(17)18/h3,6-7,12,15H,4-5,8-10H2,1-2H3,(H2,19,20,21). The summed E-state index contributed by atoms with van der Waals surface area (Å²) >= 11 is 0. The van der Waals surface area contributed by atoms with Crippen LogP contribution in [0.25, 0.3) is 0 Å². The van der Waals surface area contributed by atoms with Crippen LogP contribution in [0, 0.1) is 12.8 Å². The SMILES string of the molecule is CN=C(NCc1ccc(C)cc1OCC1CC1)NCC(F)F. The smallest absolute Gasteiger partial charge is 0.255 e. The lowest BCUT2D eigenvalue weighted by atomic mass is 10.1. The van der Waals surface area contributed by atoms with Crippen molar-refractivity contribution < 1.29 is 13.5 Å². The molecule has 0 aromatic heterocycles. The maximum absolute atomic E-state index is 12.2. The highest BCUT2D eigenvalue weighted by Gasteiger charge is 2.22. The fourth-order valence-corrected chi connectivity index (χ4v) is 2.01. The van der Waals surface area contributed by atoms with Crippen LogP contribution in [0.1, 0.15) is 24.0 Å². The lowest BCUT2D eigenvalue weighted by Gasteiger charge is -2.15. The van der Waals surface area contributed by atoms with E-state index in [9.17, 15) is 8.78 Å². The first kappa shape index (κ1) is 16.5. The van der Waals surface area contributed by atoms with Gasteiger partial charge in [-0.05, 0) is 37.3 Å². The minimum Gasteiger partial charge on any atom is -0.493 e. The molecule has 0 heterocycles. The molecule has 22 heavy (non-hydrogen) atoms. The van der Waals surface area contributed by atoms with E-state index in [2.05, 4.69) is 15.6 Å². The summed E-state index contributed by atoms with van der Waals surface area (Å²) in [6.45, 7) is 2.82. The quantitative estimate of drug-likeness (QED) is 0.601. The summed E-state index contributed by atoms with van der Waals surface area (Å²) in [5.41, 5.74) is 2.13. The second kappa shape index (κ2) is 7.96. The molecule has 6 heteroatoms. The van der Waals surface area contributed by atoms with E-state index in [0.29, 0.717) is 18.4 Å². The number of hydrogen-bond acceptors (Lipinski definition) is 2. The Morgan fingerprint density at radius 3 is 2.77 bits per heavy atom. The molecule has 2 N–H and O–H groups in total. The third-order valence-electron chi connectivity index (χ3n) is 3.49. The third-order valence-corrected chi connectivity index (χ3v) is 3.49. The van der Waals surface area contributed by atoms with Gasteiger partial charge in [-0.2, -0.15) is 0 Å². The number of guanidine groups is 1. The maximum Gasteiger partial charge on any atom is 0.255 e. The molecule has 1 aliphatic rings. The number of rotatable bonds is 7. The molecule has 1 fully saturated rings. The molecular weight excluding hydrogens is 288 g/mol. The minimum absolute atomic E-state index is 0.356. The molecule has 0 saturated heterocycles. The van der Waals surface area contributed by atoms with Crippen molar-refractivity contribution in [3.63, 3.8) is 0 Å². The summed E-state index contributed by atoms with van der Waals surface area (Å²) in [7, 11) is 1.56. The van der Waals surface area contributed by atoms with Gasteiger partial charge in [0.25, 0.3) is 6.43 Å². The first-order chi connectivity index (χ1) is 10.6. The molecule has 1 aromatic carbocycles. The van der Waals surface area contributed by atoms with E-state index < -0.39 is 13.0 Å². The number of halogens is 2. The van der Waals surface area contributed by atoms with Crippen LogP contribution in [0.3, 0.4) is 0 Å². The largest absolute Gasteiger partial charge is 0.493 e. The van der Waals surface area contributed by atoms with Gasteiger partial charge in [-0.1, -0.05) is 12.1 Å². The summed E-state index contributed by atoms with van der Waals surface area (Å²) in [6.07, 6.45) is 0.0723. The number of nitrogens with zero attached hydrogens (tertiary/aromatic N) is 1. The Kier molecular flexibility index (Phi) is 5.98. The lowest BCUT2D eigenvalue weighted by molar-refractivity contribution is 0.152. The van der Waals surface area contributed by atoms with Crippen LogP contribution in [0.4, 0.5) is 8.78 Å². The normalized spacial score (nSPS) is 15.0. The molecule has 1 aromatic rings. The van der Waals surface area contributed by atoms with Crippen molar-refractivity contribution in [1.29, 1.82) is 0 Å². The molecule has 0 amide bonds. The van der Waals surface area contributed by atoms with Crippen molar-refractivity contribution in [2.75, 3.05) is 20.2 Å². The lowest BCUT2D eigenvalue weighted by Crippen LogP contribution is -2.39. The van der Waals surface area contributed by atoms with E-state index >= 15 is 0 Å². The predicted molar refractivity (Wildman–Crippen MR) is 83.6 cm³/mol. The number of aliphatic imine (C=N–C) groups is 1. The highest BCUT2D eigenvalue weighted by Crippen LogP contribution is 2.30. The Balaban J connectivity index is 1.92. The van der Waals surface area contributed by atoms with Crippen molar-refractivity contribution in [1.82, 2.24) is 10.6 Å². The van der Waals surface area contributed by atoms with Gasteiger partial charge in [0, 0.05) is 19.2 Å². The number of aryl methyl sites for hydroxylation is 1. The molecule has 1 aliphatic carbocycles. The van der Waals surface area contributed by atoms with E-state index in [1.54, 1.807) is 7.05 Å². The Hall–Kier alpha value is -1.85. The molecule has 1 saturated carbocycles. The Bertz CT molecular complexity index is 516. The number of nitrogens with one attached hydrogen (secondary N) is 2. The van der Waals surface area contributed by atoms with Crippen LogP contribution in [0.5, 0.6) is 5.75 Å². The first-order valence-electron chi connectivity index (χ1n) is 7.53. The molecule has 0 aliphatic heterocycles. The molecule has 0 spiro atoms. The second-order valence-corrected chi connectivity index (χ2v) is 5.56. The molecule has 2 rings (SSSR count). The minimum atomic E-state index is -2.41. The van der Waals surface area contributed by atoms with Crippen LogP contribution in [0.2, 0.25) is 0 Å². The summed E-state index contributed by atoms with van der Waals surface area (Å²) in [5.74, 6) is 1.89. The van der Waals surface area contributed by atoms with Gasteiger partial charge in [-0.25, -0.2) is 8.78 Å². The van der Waals surface area contributed by atoms with Gasteiger partial charge in [0.05, 0.1) is 13.2 Å². The number of benzene rings is 1. The molecule has 0 atom stereocenters. The van der Waals surface area contributed by atoms with Crippen LogP contribution in [0.15, 0.2) is 23.2 Å². The van der Waals surface area contributed by atoms with Crippen molar-refractivity contribution >= 4 is 5.96 Å². The Labute approximate surface area is 130 Å².